The van der Waals surface area contributed by atoms with E-state index in [2.05, 4.69) is 0 Å². The summed E-state index contributed by atoms with van der Waals surface area (Å²) < 4.78 is 5.07. The summed E-state index contributed by atoms with van der Waals surface area (Å²) >= 11 is 0. The number of ether oxygens (including phenoxy) is 1. The molecule has 3 nitrogen and oxygen atoms in total. The Hall–Kier alpha value is -2.55. The fourth-order valence-electron chi connectivity index (χ4n) is 1.66. The maximum absolute atomic E-state index is 11.9. The number of rotatable bonds is 4. The Balaban J connectivity index is 2.21. The molecule has 1 N–H and O–H groups in total. The zero-order valence-corrected chi connectivity index (χ0v) is 10.5. The Labute approximate surface area is 111 Å². The number of aromatic hydroxyl groups is 1. The molecule has 0 aromatic heterocycles. The molecule has 0 spiro atoms. The molecule has 2 aromatic carbocycles. The highest BCUT2D eigenvalue weighted by Gasteiger charge is 2.03. The minimum atomic E-state index is -0.109. The van der Waals surface area contributed by atoms with Crippen LogP contribution in [-0.4, -0.2) is 18.0 Å². The van der Waals surface area contributed by atoms with Crippen LogP contribution in [0.15, 0.2) is 54.6 Å². The van der Waals surface area contributed by atoms with Crippen LogP contribution in [0.1, 0.15) is 15.9 Å². The predicted molar refractivity (Wildman–Crippen MR) is 74.5 cm³/mol. The second kappa shape index (κ2) is 5.87. The highest BCUT2D eigenvalue weighted by Crippen LogP contribution is 2.24. The quantitative estimate of drug-likeness (QED) is 0.672. The molecule has 0 aliphatic heterocycles. The minimum Gasteiger partial charge on any atom is -0.507 e. The Morgan fingerprint density at radius 2 is 1.89 bits per heavy atom. The van der Waals surface area contributed by atoms with Gasteiger partial charge in [0.2, 0.25) is 0 Å². The summed E-state index contributed by atoms with van der Waals surface area (Å²) in [5.74, 6) is 0.630. The van der Waals surface area contributed by atoms with Gasteiger partial charge in [0.15, 0.2) is 5.78 Å². The van der Waals surface area contributed by atoms with Crippen LogP contribution in [0.2, 0.25) is 0 Å². The molecule has 0 fully saturated rings. The first-order chi connectivity index (χ1) is 9.20. The highest BCUT2D eigenvalue weighted by atomic mass is 16.5. The van der Waals surface area contributed by atoms with Crippen molar-refractivity contribution < 1.29 is 14.6 Å². The van der Waals surface area contributed by atoms with Gasteiger partial charge in [-0.25, -0.2) is 0 Å². The average molecular weight is 254 g/mol. The van der Waals surface area contributed by atoms with Gasteiger partial charge in [0, 0.05) is 11.1 Å². The monoisotopic (exact) mass is 254 g/mol. The molecule has 0 radical (unpaired) electrons. The summed E-state index contributed by atoms with van der Waals surface area (Å²) in [5, 5.41) is 9.70. The molecule has 0 atom stereocenters. The second-order valence-corrected chi connectivity index (χ2v) is 3.99. The van der Waals surface area contributed by atoms with Gasteiger partial charge in [-0.1, -0.05) is 30.3 Å². The zero-order valence-electron chi connectivity index (χ0n) is 10.5. The molecule has 19 heavy (non-hydrogen) atoms. The van der Waals surface area contributed by atoms with Crippen LogP contribution in [0.3, 0.4) is 0 Å². The lowest BCUT2D eigenvalue weighted by molar-refractivity contribution is 0.104. The van der Waals surface area contributed by atoms with Crippen molar-refractivity contribution in [2.24, 2.45) is 0 Å². The third kappa shape index (κ3) is 3.22. The molecule has 96 valence electrons. The Morgan fingerprint density at radius 3 is 2.58 bits per heavy atom. The molecule has 3 heteroatoms. The molecular weight excluding hydrogens is 240 g/mol. The molecule has 2 aromatic rings. The van der Waals surface area contributed by atoms with E-state index in [0.29, 0.717) is 16.9 Å². The van der Waals surface area contributed by atoms with Crippen molar-refractivity contribution >= 4 is 11.9 Å². The molecule has 0 aliphatic carbocycles. The number of phenols is 1. The number of hydrogen-bond donors (Lipinski definition) is 1. The highest BCUT2D eigenvalue weighted by molar-refractivity contribution is 6.06. The molecule has 0 aliphatic rings. The lowest BCUT2D eigenvalue weighted by Crippen LogP contribution is -1.92. The van der Waals surface area contributed by atoms with Gasteiger partial charge in [0.1, 0.15) is 11.5 Å². The first kappa shape index (κ1) is 12.9. The van der Waals surface area contributed by atoms with Crippen molar-refractivity contribution in [3.63, 3.8) is 0 Å². The maximum atomic E-state index is 11.9. The Bertz CT molecular complexity index is 601. The number of allylic oxidation sites excluding steroid dienone is 1. The number of methoxy groups -OCH3 is 1. The number of hydrogen-bond acceptors (Lipinski definition) is 3. The fraction of sp³-hybridized carbons (Fsp3) is 0.0625. The lowest BCUT2D eigenvalue weighted by atomic mass is 10.1. The number of phenolic OH excluding ortho intramolecular Hbond substituents is 1. The minimum absolute atomic E-state index is 0.109. The summed E-state index contributed by atoms with van der Waals surface area (Å²) in [7, 11) is 1.55. The number of benzene rings is 2. The van der Waals surface area contributed by atoms with E-state index >= 15 is 0 Å². The summed E-state index contributed by atoms with van der Waals surface area (Å²) in [5.41, 5.74) is 1.16. The van der Waals surface area contributed by atoms with Crippen LogP contribution >= 0.6 is 0 Å². The van der Waals surface area contributed by atoms with Crippen molar-refractivity contribution in [1.29, 1.82) is 0 Å². The van der Waals surface area contributed by atoms with Crippen molar-refractivity contribution in [3.05, 3.63) is 65.7 Å². The van der Waals surface area contributed by atoms with Gasteiger partial charge in [0.05, 0.1) is 7.11 Å². The smallest absolute Gasteiger partial charge is 0.185 e. The van der Waals surface area contributed by atoms with Crippen molar-refractivity contribution in [3.8, 4) is 11.5 Å². The number of carbonyl (C=O) groups is 1. The van der Waals surface area contributed by atoms with E-state index in [4.69, 9.17) is 4.74 Å². The molecule has 0 amide bonds. The molecular formula is C16H14O3. The third-order valence-electron chi connectivity index (χ3n) is 2.71. The summed E-state index contributed by atoms with van der Waals surface area (Å²) in [6, 6.07) is 13.8. The zero-order chi connectivity index (χ0) is 13.7. The largest absolute Gasteiger partial charge is 0.507 e. The van der Waals surface area contributed by atoms with Crippen LogP contribution in [0.5, 0.6) is 11.5 Å². The van der Waals surface area contributed by atoms with E-state index in [9.17, 15) is 9.90 Å². The SMILES string of the molecule is COc1ccc(O)c(/C=C/C(=O)c2ccccc2)c1. The van der Waals surface area contributed by atoms with E-state index < -0.39 is 0 Å². The lowest BCUT2D eigenvalue weighted by Gasteiger charge is -2.03. The summed E-state index contributed by atoms with van der Waals surface area (Å²) in [4.78, 5) is 11.9. The Kier molecular flexibility index (Phi) is 3.98. The molecule has 2 rings (SSSR count). The van der Waals surface area contributed by atoms with E-state index in [0.717, 1.165) is 0 Å². The first-order valence-electron chi connectivity index (χ1n) is 5.85. The van der Waals surface area contributed by atoms with Gasteiger partial charge < -0.3 is 9.84 Å². The Morgan fingerprint density at radius 1 is 1.16 bits per heavy atom. The topological polar surface area (TPSA) is 46.5 Å². The van der Waals surface area contributed by atoms with Gasteiger partial charge >= 0.3 is 0 Å². The molecule has 0 bridgehead atoms. The molecule has 0 unspecified atom stereocenters. The van der Waals surface area contributed by atoms with Gasteiger partial charge in [-0.05, 0) is 30.4 Å². The average Bonchev–Trinajstić information content (AvgIpc) is 2.47. The molecule has 0 saturated carbocycles. The predicted octanol–water partition coefficient (Wildman–Crippen LogP) is 3.30. The van der Waals surface area contributed by atoms with E-state index in [1.54, 1.807) is 37.5 Å². The summed E-state index contributed by atoms with van der Waals surface area (Å²) in [6.45, 7) is 0. The van der Waals surface area contributed by atoms with Gasteiger partial charge in [0.25, 0.3) is 0 Å². The van der Waals surface area contributed by atoms with Crippen molar-refractivity contribution in [2.75, 3.05) is 7.11 Å². The standard InChI is InChI=1S/C16H14O3/c1-19-14-8-10-16(18)13(11-14)7-9-15(17)12-5-3-2-4-6-12/h2-11,18H,1H3/b9-7+. The van der Waals surface area contributed by atoms with Crippen molar-refractivity contribution in [1.82, 2.24) is 0 Å². The van der Waals surface area contributed by atoms with Crippen LogP contribution in [-0.2, 0) is 0 Å². The normalized spacial score (nSPS) is 10.6. The van der Waals surface area contributed by atoms with E-state index in [-0.39, 0.29) is 11.5 Å². The van der Waals surface area contributed by atoms with Gasteiger partial charge in [-0.15, -0.1) is 0 Å². The van der Waals surface area contributed by atoms with Crippen LogP contribution in [0.4, 0.5) is 0 Å². The van der Waals surface area contributed by atoms with Crippen molar-refractivity contribution in [2.45, 2.75) is 0 Å². The van der Waals surface area contributed by atoms with Crippen LogP contribution < -0.4 is 4.74 Å². The van der Waals surface area contributed by atoms with E-state index in [1.165, 1.54) is 12.1 Å². The second-order valence-electron chi connectivity index (χ2n) is 3.99. The fourth-order valence-corrected chi connectivity index (χ4v) is 1.66. The van der Waals surface area contributed by atoms with Gasteiger partial charge in [-0.2, -0.15) is 0 Å². The first-order valence-corrected chi connectivity index (χ1v) is 5.85. The molecule has 0 heterocycles. The number of ketones is 1. The number of carbonyl (C=O) groups excluding carboxylic acids is 1. The summed E-state index contributed by atoms with van der Waals surface area (Å²) in [6.07, 6.45) is 3.01. The van der Waals surface area contributed by atoms with Gasteiger partial charge in [-0.3, -0.25) is 4.79 Å². The molecule has 0 saturated heterocycles. The third-order valence-corrected chi connectivity index (χ3v) is 2.71. The van der Waals surface area contributed by atoms with Crippen LogP contribution in [0.25, 0.3) is 6.08 Å². The maximum Gasteiger partial charge on any atom is 0.185 e. The van der Waals surface area contributed by atoms with E-state index in [1.807, 2.05) is 18.2 Å². The van der Waals surface area contributed by atoms with Crippen LogP contribution in [0, 0.1) is 0 Å².